The first-order valence-corrected chi connectivity index (χ1v) is 7.25. The van der Waals surface area contributed by atoms with Crippen molar-refractivity contribution in [2.75, 3.05) is 5.32 Å². The van der Waals surface area contributed by atoms with Gasteiger partial charge in [-0.3, -0.25) is 9.59 Å². The van der Waals surface area contributed by atoms with Crippen molar-refractivity contribution in [2.45, 2.75) is 6.54 Å². The fraction of sp³-hybridized carbons (Fsp3) is 0.0556. The minimum absolute atomic E-state index is 0.0481. The van der Waals surface area contributed by atoms with Crippen molar-refractivity contribution < 1.29 is 14.7 Å². The first kappa shape index (κ1) is 15.5. The molecule has 0 bridgehead atoms. The first-order chi connectivity index (χ1) is 11.5. The van der Waals surface area contributed by atoms with Crippen molar-refractivity contribution in [3.05, 3.63) is 76.7 Å². The molecule has 0 radical (unpaired) electrons. The maximum Gasteiger partial charge on any atom is 0.337 e. The van der Waals surface area contributed by atoms with Crippen molar-refractivity contribution in [3.63, 3.8) is 0 Å². The molecule has 1 aromatic heterocycles. The van der Waals surface area contributed by atoms with Crippen LogP contribution in [0.25, 0.3) is 10.8 Å². The quantitative estimate of drug-likeness (QED) is 0.771. The van der Waals surface area contributed by atoms with Gasteiger partial charge in [0.25, 0.3) is 5.56 Å². The zero-order chi connectivity index (χ0) is 17.1. The number of anilines is 1. The predicted molar refractivity (Wildman–Crippen MR) is 90.2 cm³/mol. The number of carboxylic acid groups (broad SMARTS) is 1. The maximum absolute atomic E-state index is 12.1. The lowest BCUT2D eigenvalue weighted by atomic mass is 10.1. The molecule has 6 nitrogen and oxygen atoms in total. The van der Waals surface area contributed by atoms with E-state index in [2.05, 4.69) is 5.32 Å². The summed E-state index contributed by atoms with van der Waals surface area (Å²) in [4.78, 5) is 34.8. The van der Waals surface area contributed by atoms with Crippen LogP contribution in [0.1, 0.15) is 10.4 Å². The van der Waals surface area contributed by atoms with E-state index in [0.717, 1.165) is 27.6 Å². The van der Waals surface area contributed by atoms with Crippen LogP contribution < -0.4 is 10.9 Å². The molecular weight excluding hydrogens is 308 g/mol. The second kappa shape index (κ2) is 6.37. The fourth-order valence-electron chi connectivity index (χ4n) is 2.40. The van der Waals surface area contributed by atoms with E-state index in [1.807, 2.05) is 36.4 Å². The molecule has 0 aliphatic carbocycles. The van der Waals surface area contributed by atoms with Crippen molar-refractivity contribution in [3.8, 4) is 0 Å². The molecule has 6 heteroatoms. The van der Waals surface area contributed by atoms with E-state index in [-0.39, 0.29) is 12.1 Å². The van der Waals surface area contributed by atoms with Crippen molar-refractivity contribution >= 4 is 28.3 Å². The third-order valence-electron chi connectivity index (χ3n) is 3.58. The number of hydrogen-bond donors (Lipinski definition) is 2. The number of nitrogens with one attached hydrogen (secondary N) is 1. The van der Waals surface area contributed by atoms with Crippen LogP contribution in [0.5, 0.6) is 0 Å². The third kappa shape index (κ3) is 3.33. The van der Waals surface area contributed by atoms with Gasteiger partial charge in [-0.2, -0.15) is 0 Å². The summed E-state index contributed by atoms with van der Waals surface area (Å²) in [5.74, 6) is -1.56. The highest BCUT2D eigenvalue weighted by molar-refractivity contribution is 5.94. The van der Waals surface area contributed by atoms with E-state index in [1.165, 1.54) is 6.07 Å². The molecule has 120 valence electrons. The topological polar surface area (TPSA) is 88.4 Å². The molecule has 3 rings (SSSR count). The number of aromatic carboxylic acids is 1. The second-order valence-corrected chi connectivity index (χ2v) is 5.30. The van der Waals surface area contributed by atoms with Crippen LogP contribution in [-0.4, -0.2) is 21.6 Å². The summed E-state index contributed by atoms with van der Waals surface area (Å²) >= 11 is 0. The van der Waals surface area contributed by atoms with Gasteiger partial charge in [-0.05, 0) is 29.0 Å². The summed E-state index contributed by atoms with van der Waals surface area (Å²) in [6.45, 7) is -0.257. The van der Waals surface area contributed by atoms with Gasteiger partial charge in [0.15, 0.2) is 0 Å². The van der Waals surface area contributed by atoms with Crippen LogP contribution in [0.2, 0.25) is 0 Å². The number of hydrogen-bond acceptors (Lipinski definition) is 3. The Hall–Kier alpha value is -3.41. The maximum atomic E-state index is 12.1. The van der Waals surface area contributed by atoms with E-state index in [4.69, 9.17) is 5.11 Å². The molecule has 0 unspecified atom stereocenters. The van der Waals surface area contributed by atoms with Crippen LogP contribution in [0.3, 0.4) is 0 Å². The zero-order valence-electron chi connectivity index (χ0n) is 12.6. The molecule has 0 spiro atoms. The number of fused-ring (bicyclic) bond motifs is 1. The SMILES string of the molecule is O=C(Cn1cc(C(=O)O)ccc1=O)Nc1ccc2ccccc2c1. The van der Waals surface area contributed by atoms with Gasteiger partial charge in [-0.1, -0.05) is 30.3 Å². The molecule has 0 aliphatic heterocycles. The largest absolute Gasteiger partial charge is 0.478 e. The Kier molecular flexibility index (Phi) is 4.11. The lowest BCUT2D eigenvalue weighted by molar-refractivity contribution is -0.116. The number of rotatable bonds is 4. The van der Waals surface area contributed by atoms with E-state index in [9.17, 15) is 14.4 Å². The highest BCUT2D eigenvalue weighted by atomic mass is 16.4. The molecule has 1 amide bonds. The van der Waals surface area contributed by atoms with Gasteiger partial charge >= 0.3 is 5.97 Å². The van der Waals surface area contributed by atoms with Crippen molar-refractivity contribution in [1.82, 2.24) is 4.57 Å². The Morgan fingerprint density at radius 2 is 1.75 bits per heavy atom. The standard InChI is InChI=1S/C18H14N2O4/c21-16(11-20-10-14(18(23)24)6-8-17(20)22)19-15-7-5-12-3-1-2-4-13(12)9-15/h1-10H,11H2,(H,19,21)(H,23,24). The third-order valence-corrected chi connectivity index (χ3v) is 3.58. The summed E-state index contributed by atoms with van der Waals surface area (Å²) in [5.41, 5.74) is 0.128. The van der Waals surface area contributed by atoms with E-state index < -0.39 is 17.4 Å². The average Bonchev–Trinajstić information content (AvgIpc) is 2.56. The molecule has 0 fully saturated rings. The van der Waals surface area contributed by atoms with Gasteiger partial charge in [-0.15, -0.1) is 0 Å². The van der Waals surface area contributed by atoms with Gasteiger partial charge in [0.2, 0.25) is 5.91 Å². The zero-order valence-corrected chi connectivity index (χ0v) is 12.6. The van der Waals surface area contributed by atoms with Gasteiger partial charge in [0.05, 0.1) is 5.56 Å². The second-order valence-electron chi connectivity index (χ2n) is 5.30. The Labute approximate surface area is 137 Å². The number of pyridine rings is 1. The minimum Gasteiger partial charge on any atom is -0.478 e. The minimum atomic E-state index is -1.15. The first-order valence-electron chi connectivity index (χ1n) is 7.25. The molecule has 0 atom stereocenters. The van der Waals surface area contributed by atoms with Crippen LogP contribution in [0.4, 0.5) is 5.69 Å². The van der Waals surface area contributed by atoms with Gasteiger partial charge < -0.3 is 15.0 Å². The Morgan fingerprint density at radius 3 is 2.50 bits per heavy atom. The monoisotopic (exact) mass is 322 g/mol. The summed E-state index contributed by atoms with van der Waals surface area (Å²) in [6.07, 6.45) is 1.16. The van der Waals surface area contributed by atoms with E-state index in [0.29, 0.717) is 5.69 Å². The Balaban J connectivity index is 1.78. The predicted octanol–water partition coefficient (Wildman–Crippen LogP) is 2.34. The average molecular weight is 322 g/mol. The molecule has 0 saturated carbocycles. The molecular formula is C18H14N2O4. The molecule has 2 N–H and O–H groups in total. The summed E-state index contributed by atoms with van der Waals surface area (Å²) < 4.78 is 1.07. The van der Waals surface area contributed by atoms with Crippen LogP contribution in [0.15, 0.2) is 65.6 Å². The number of aromatic nitrogens is 1. The molecule has 1 heterocycles. The smallest absolute Gasteiger partial charge is 0.337 e. The Morgan fingerprint density at radius 1 is 1.00 bits per heavy atom. The fourth-order valence-corrected chi connectivity index (χ4v) is 2.40. The number of nitrogens with zero attached hydrogens (tertiary/aromatic N) is 1. The molecule has 0 aliphatic rings. The summed E-state index contributed by atoms with van der Waals surface area (Å²) in [5, 5.41) is 13.7. The number of amides is 1. The molecule has 24 heavy (non-hydrogen) atoms. The summed E-state index contributed by atoms with van der Waals surface area (Å²) in [6, 6.07) is 15.6. The van der Waals surface area contributed by atoms with E-state index >= 15 is 0 Å². The highest BCUT2D eigenvalue weighted by Gasteiger charge is 2.09. The lowest BCUT2D eigenvalue weighted by Gasteiger charge is -2.09. The van der Waals surface area contributed by atoms with Crippen LogP contribution in [-0.2, 0) is 11.3 Å². The molecule has 0 saturated heterocycles. The van der Waals surface area contributed by atoms with Crippen LogP contribution >= 0.6 is 0 Å². The Bertz CT molecular complexity index is 991. The van der Waals surface area contributed by atoms with Crippen LogP contribution in [0, 0.1) is 0 Å². The van der Waals surface area contributed by atoms with Gasteiger partial charge in [0.1, 0.15) is 6.54 Å². The summed E-state index contributed by atoms with van der Waals surface area (Å²) in [7, 11) is 0. The number of carbonyl (C=O) groups excluding carboxylic acids is 1. The number of carbonyl (C=O) groups is 2. The lowest BCUT2D eigenvalue weighted by Crippen LogP contribution is -2.27. The van der Waals surface area contributed by atoms with Crippen molar-refractivity contribution in [2.24, 2.45) is 0 Å². The normalized spacial score (nSPS) is 10.5. The van der Waals surface area contributed by atoms with Gasteiger partial charge in [0, 0.05) is 18.0 Å². The number of benzene rings is 2. The highest BCUT2D eigenvalue weighted by Crippen LogP contribution is 2.18. The molecule has 3 aromatic rings. The van der Waals surface area contributed by atoms with E-state index in [1.54, 1.807) is 6.07 Å². The molecule has 2 aromatic carbocycles. The number of carboxylic acids is 1. The van der Waals surface area contributed by atoms with Gasteiger partial charge in [-0.25, -0.2) is 4.79 Å². The van der Waals surface area contributed by atoms with Crippen molar-refractivity contribution in [1.29, 1.82) is 0 Å².